The summed E-state index contributed by atoms with van der Waals surface area (Å²) in [4.78, 5) is 25.0. The van der Waals surface area contributed by atoms with Gasteiger partial charge in [0.05, 0.1) is 20.4 Å². The van der Waals surface area contributed by atoms with Crippen LogP contribution >= 0.6 is 0 Å². The van der Waals surface area contributed by atoms with E-state index in [0.29, 0.717) is 22.6 Å². The topological polar surface area (TPSA) is 80.2 Å². The molecule has 7 nitrogen and oxygen atoms in total. The van der Waals surface area contributed by atoms with Crippen molar-refractivity contribution in [3.05, 3.63) is 59.7 Å². The van der Waals surface area contributed by atoms with E-state index in [1.54, 1.807) is 44.4 Å². The molecule has 0 bridgehead atoms. The molecule has 7 heteroatoms. The Morgan fingerprint density at radius 3 is 2.38 bits per heavy atom. The summed E-state index contributed by atoms with van der Waals surface area (Å²) >= 11 is 0. The van der Waals surface area contributed by atoms with Crippen molar-refractivity contribution in [2.75, 3.05) is 14.2 Å². The number of urea groups is 1. The number of rotatable bonds is 5. The number of ether oxygens (including phenoxy) is 2. The molecule has 2 aromatic carbocycles. The van der Waals surface area contributed by atoms with Crippen molar-refractivity contribution in [1.82, 2.24) is 10.3 Å². The third-order valence-electron chi connectivity index (χ3n) is 4.25. The second kappa shape index (κ2) is 6.87. The van der Waals surface area contributed by atoms with Crippen LogP contribution in [0.25, 0.3) is 0 Å². The largest absolute Gasteiger partial charge is 0.493 e. The third-order valence-corrected chi connectivity index (χ3v) is 4.25. The molecule has 1 atom stereocenters. The molecule has 0 aliphatic carbocycles. The molecule has 134 valence electrons. The normalized spacial score (nSPS) is 19.7. The molecular formula is C19H19N3O4. The number of benzene rings is 2. The number of methoxy groups -OCH3 is 2. The van der Waals surface area contributed by atoms with E-state index in [2.05, 4.69) is 10.4 Å². The van der Waals surface area contributed by atoms with Crippen LogP contribution in [0, 0.1) is 0 Å². The summed E-state index contributed by atoms with van der Waals surface area (Å²) in [7, 11) is 3.07. The number of nitrogens with one attached hydrogen (secondary N) is 1. The van der Waals surface area contributed by atoms with Crippen LogP contribution in [-0.2, 0) is 10.3 Å². The van der Waals surface area contributed by atoms with Crippen LogP contribution in [0.1, 0.15) is 18.1 Å². The molecule has 3 rings (SSSR count). The van der Waals surface area contributed by atoms with Gasteiger partial charge in [-0.1, -0.05) is 30.3 Å². The molecular weight excluding hydrogens is 334 g/mol. The Bertz CT molecular complexity index is 866. The number of hydrogen-bond donors (Lipinski definition) is 1. The van der Waals surface area contributed by atoms with Crippen LogP contribution in [0.4, 0.5) is 4.79 Å². The van der Waals surface area contributed by atoms with Crippen molar-refractivity contribution in [1.29, 1.82) is 0 Å². The highest BCUT2D eigenvalue weighted by atomic mass is 16.5. The fourth-order valence-corrected chi connectivity index (χ4v) is 2.75. The first-order chi connectivity index (χ1) is 12.5. The molecule has 1 fully saturated rings. The van der Waals surface area contributed by atoms with Crippen molar-refractivity contribution in [3.8, 4) is 11.5 Å². The van der Waals surface area contributed by atoms with E-state index in [-0.39, 0.29) is 0 Å². The van der Waals surface area contributed by atoms with Crippen LogP contribution < -0.4 is 14.8 Å². The molecule has 0 unspecified atom stereocenters. The van der Waals surface area contributed by atoms with Crippen molar-refractivity contribution >= 4 is 18.2 Å². The van der Waals surface area contributed by atoms with E-state index in [9.17, 15) is 9.59 Å². The van der Waals surface area contributed by atoms with Gasteiger partial charge < -0.3 is 14.8 Å². The SMILES string of the molecule is COc1ccc(/C=N\N2C(=O)N[C@](C)(c3ccccc3)C2=O)cc1OC. The van der Waals surface area contributed by atoms with E-state index >= 15 is 0 Å². The summed E-state index contributed by atoms with van der Waals surface area (Å²) in [6.07, 6.45) is 1.43. The van der Waals surface area contributed by atoms with Gasteiger partial charge in [-0.05, 0) is 36.2 Å². The Morgan fingerprint density at radius 2 is 1.73 bits per heavy atom. The van der Waals surface area contributed by atoms with Crippen molar-refractivity contribution in [2.24, 2.45) is 5.10 Å². The maximum absolute atomic E-state index is 12.8. The summed E-state index contributed by atoms with van der Waals surface area (Å²) in [6, 6.07) is 13.7. The Labute approximate surface area is 151 Å². The number of nitrogens with zero attached hydrogens (tertiary/aromatic N) is 2. The summed E-state index contributed by atoms with van der Waals surface area (Å²) in [5.74, 6) is 0.671. The number of hydrazone groups is 1. The minimum Gasteiger partial charge on any atom is -0.493 e. The molecule has 3 amide bonds. The maximum atomic E-state index is 12.8. The van der Waals surface area contributed by atoms with Crippen LogP contribution in [0.5, 0.6) is 11.5 Å². The number of imide groups is 1. The Balaban J connectivity index is 1.85. The lowest BCUT2D eigenvalue weighted by Gasteiger charge is -2.20. The summed E-state index contributed by atoms with van der Waals surface area (Å²) in [6.45, 7) is 1.66. The van der Waals surface area contributed by atoms with E-state index in [1.807, 2.05) is 18.2 Å². The quantitative estimate of drug-likeness (QED) is 0.662. The van der Waals surface area contributed by atoms with Gasteiger partial charge in [0.1, 0.15) is 5.54 Å². The Kier molecular flexibility index (Phi) is 4.62. The first-order valence-corrected chi connectivity index (χ1v) is 7.98. The average molecular weight is 353 g/mol. The van der Waals surface area contributed by atoms with Crippen LogP contribution in [0.15, 0.2) is 53.6 Å². The highest BCUT2D eigenvalue weighted by Gasteiger charge is 2.49. The van der Waals surface area contributed by atoms with Gasteiger partial charge in [-0.2, -0.15) is 5.10 Å². The maximum Gasteiger partial charge on any atom is 0.346 e. The van der Waals surface area contributed by atoms with Gasteiger partial charge in [0, 0.05) is 0 Å². The molecule has 1 N–H and O–H groups in total. The van der Waals surface area contributed by atoms with Crippen LogP contribution in [-0.4, -0.2) is 37.4 Å². The van der Waals surface area contributed by atoms with Crippen LogP contribution in [0.2, 0.25) is 0 Å². The van der Waals surface area contributed by atoms with Gasteiger partial charge in [-0.25, -0.2) is 4.79 Å². The van der Waals surface area contributed by atoms with Gasteiger partial charge in [-0.3, -0.25) is 4.79 Å². The predicted octanol–water partition coefficient (Wildman–Crippen LogP) is 2.50. The molecule has 0 saturated carbocycles. The Hall–Kier alpha value is -3.35. The van der Waals surface area contributed by atoms with E-state index in [0.717, 1.165) is 5.01 Å². The summed E-state index contributed by atoms with van der Waals surface area (Å²) in [5, 5.41) is 7.60. The standard InChI is InChI=1S/C19H19N3O4/c1-19(14-7-5-4-6-8-14)17(23)22(18(24)21-19)20-12-13-9-10-15(25-2)16(11-13)26-3/h4-12H,1-3H3,(H,21,24)/b20-12-/t19-/m1/s1. The number of hydrogen-bond acceptors (Lipinski definition) is 5. The fraction of sp³-hybridized carbons (Fsp3) is 0.211. The zero-order chi connectivity index (χ0) is 18.7. The Morgan fingerprint density at radius 1 is 1.04 bits per heavy atom. The van der Waals surface area contributed by atoms with E-state index in [1.165, 1.54) is 13.3 Å². The second-order valence-corrected chi connectivity index (χ2v) is 5.90. The number of carbonyl (C=O) groups excluding carboxylic acids is 2. The first-order valence-electron chi connectivity index (χ1n) is 7.98. The van der Waals surface area contributed by atoms with Crippen LogP contribution in [0.3, 0.4) is 0 Å². The van der Waals surface area contributed by atoms with Gasteiger partial charge in [0.25, 0.3) is 5.91 Å². The van der Waals surface area contributed by atoms with Gasteiger partial charge in [-0.15, -0.1) is 5.01 Å². The molecule has 1 aliphatic heterocycles. The summed E-state index contributed by atoms with van der Waals surface area (Å²) in [5.41, 5.74) is 0.214. The fourth-order valence-electron chi connectivity index (χ4n) is 2.75. The van der Waals surface area contributed by atoms with Gasteiger partial charge in [0.2, 0.25) is 0 Å². The lowest BCUT2D eigenvalue weighted by molar-refractivity contribution is -0.131. The zero-order valence-electron chi connectivity index (χ0n) is 14.7. The minimum absolute atomic E-state index is 0.439. The molecule has 1 heterocycles. The molecule has 0 radical (unpaired) electrons. The number of carbonyl (C=O) groups is 2. The molecule has 2 aromatic rings. The molecule has 0 spiro atoms. The van der Waals surface area contributed by atoms with E-state index < -0.39 is 17.5 Å². The van der Waals surface area contributed by atoms with Crippen molar-refractivity contribution in [3.63, 3.8) is 0 Å². The smallest absolute Gasteiger partial charge is 0.346 e. The zero-order valence-corrected chi connectivity index (χ0v) is 14.7. The second-order valence-electron chi connectivity index (χ2n) is 5.90. The van der Waals surface area contributed by atoms with Crippen molar-refractivity contribution in [2.45, 2.75) is 12.5 Å². The number of amides is 3. The third kappa shape index (κ3) is 2.99. The predicted molar refractivity (Wildman–Crippen MR) is 96.3 cm³/mol. The highest BCUT2D eigenvalue weighted by Crippen LogP contribution is 2.29. The minimum atomic E-state index is -1.15. The lowest BCUT2D eigenvalue weighted by Crippen LogP contribution is -2.40. The van der Waals surface area contributed by atoms with Gasteiger partial charge >= 0.3 is 6.03 Å². The highest BCUT2D eigenvalue weighted by molar-refractivity contribution is 6.07. The van der Waals surface area contributed by atoms with Gasteiger partial charge in [0.15, 0.2) is 11.5 Å². The molecule has 0 aromatic heterocycles. The molecule has 1 saturated heterocycles. The monoisotopic (exact) mass is 353 g/mol. The summed E-state index contributed by atoms with van der Waals surface area (Å²) < 4.78 is 10.4. The molecule has 1 aliphatic rings. The van der Waals surface area contributed by atoms with Crippen molar-refractivity contribution < 1.29 is 19.1 Å². The average Bonchev–Trinajstić information content (AvgIpc) is 2.90. The van der Waals surface area contributed by atoms with E-state index in [4.69, 9.17) is 9.47 Å². The first kappa shape index (κ1) is 17.5. The lowest BCUT2D eigenvalue weighted by atomic mass is 9.92. The molecule has 26 heavy (non-hydrogen) atoms.